The van der Waals surface area contributed by atoms with Crippen molar-refractivity contribution in [1.29, 1.82) is 0 Å². The summed E-state index contributed by atoms with van der Waals surface area (Å²) in [6.45, 7) is 3.72. The summed E-state index contributed by atoms with van der Waals surface area (Å²) in [5.74, 6) is -0.683. The average molecular weight is 343 g/mol. The Labute approximate surface area is 125 Å². The quantitative estimate of drug-likeness (QED) is 0.915. The van der Waals surface area contributed by atoms with Crippen molar-refractivity contribution in [3.63, 3.8) is 0 Å². The van der Waals surface area contributed by atoms with Crippen molar-refractivity contribution < 1.29 is 14.0 Å². The standard InChI is InChI=1S/C14H16BrFN2O2/c1-3-11-13(19)17-8(2)14(20)18(11)7-9-5-4-6-10(16)12(9)15/h4-6,8,11H,3,7H2,1-2H3,(H,17,19). The lowest BCUT2D eigenvalue weighted by atomic mass is 10.0. The highest BCUT2D eigenvalue weighted by atomic mass is 79.9. The first-order valence-corrected chi connectivity index (χ1v) is 7.28. The summed E-state index contributed by atoms with van der Waals surface area (Å²) in [5.41, 5.74) is 0.652. The maximum atomic E-state index is 13.5. The van der Waals surface area contributed by atoms with Gasteiger partial charge in [0.25, 0.3) is 0 Å². The monoisotopic (exact) mass is 342 g/mol. The predicted molar refractivity (Wildman–Crippen MR) is 76.3 cm³/mol. The molecule has 0 aromatic heterocycles. The van der Waals surface area contributed by atoms with Crippen LogP contribution in [0.1, 0.15) is 25.8 Å². The summed E-state index contributed by atoms with van der Waals surface area (Å²) in [5, 5.41) is 2.66. The lowest BCUT2D eigenvalue weighted by Crippen LogP contribution is -2.61. The molecule has 4 nitrogen and oxygen atoms in total. The fourth-order valence-electron chi connectivity index (χ4n) is 2.36. The first kappa shape index (κ1) is 15.0. The molecule has 2 unspecified atom stereocenters. The van der Waals surface area contributed by atoms with Crippen LogP contribution in [0.5, 0.6) is 0 Å². The van der Waals surface area contributed by atoms with Crippen molar-refractivity contribution in [2.24, 2.45) is 0 Å². The topological polar surface area (TPSA) is 49.4 Å². The third kappa shape index (κ3) is 2.70. The summed E-state index contributed by atoms with van der Waals surface area (Å²) in [7, 11) is 0. The second-order valence-corrected chi connectivity index (χ2v) is 5.63. The third-order valence-electron chi connectivity index (χ3n) is 3.45. The molecule has 108 valence electrons. The van der Waals surface area contributed by atoms with Gasteiger partial charge in [0.05, 0.1) is 4.47 Å². The van der Waals surface area contributed by atoms with Gasteiger partial charge in [-0.15, -0.1) is 0 Å². The average Bonchev–Trinajstić information content (AvgIpc) is 2.41. The van der Waals surface area contributed by atoms with Gasteiger partial charge in [0.15, 0.2) is 0 Å². The van der Waals surface area contributed by atoms with E-state index in [-0.39, 0.29) is 24.2 Å². The van der Waals surface area contributed by atoms with Gasteiger partial charge in [-0.25, -0.2) is 4.39 Å². The predicted octanol–water partition coefficient (Wildman–Crippen LogP) is 2.21. The van der Waals surface area contributed by atoms with Crippen molar-refractivity contribution in [1.82, 2.24) is 10.2 Å². The van der Waals surface area contributed by atoms with Gasteiger partial charge in [-0.05, 0) is 40.9 Å². The molecule has 2 atom stereocenters. The molecule has 0 aliphatic carbocycles. The Hall–Kier alpha value is -1.43. The largest absolute Gasteiger partial charge is 0.343 e. The molecule has 1 aromatic rings. The van der Waals surface area contributed by atoms with Gasteiger partial charge < -0.3 is 10.2 Å². The Bertz CT molecular complexity index is 550. The van der Waals surface area contributed by atoms with Crippen molar-refractivity contribution in [2.45, 2.75) is 38.9 Å². The number of nitrogens with zero attached hydrogens (tertiary/aromatic N) is 1. The van der Waals surface area contributed by atoms with Gasteiger partial charge in [0.1, 0.15) is 17.9 Å². The maximum Gasteiger partial charge on any atom is 0.245 e. The third-order valence-corrected chi connectivity index (χ3v) is 4.34. The van der Waals surface area contributed by atoms with Crippen molar-refractivity contribution in [3.8, 4) is 0 Å². The molecule has 2 amide bonds. The Kier molecular flexibility index (Phi) is 4.42. The fraction of sp³-hybridized carbons (Fsp3) is 0.429. The number of carbonyl (C=O) groups excluding carboxylic acids is 2. The Morgan fingerprint density at radius 1 is 1.40 bits per heavy atom. The Balaban J connectivity index is 2.30. The number of rotatable bonds is 3. The summed E-state index contributed by atoms with van der Waals surface area (Å²) >= 11 is 3.19. The summed E-state index contributed by atoms with van der Waals surface area (Å²) in [6.07, 6.45) is 0.525. The molecule has 1 heterocycles. The molecule has 0 saturated carbocycles. The zero-order chi connectivity index (χ0) is 14.9. The van der Waals surface area contributed by atoms with Crippen LogP contribution in [-0.2, 0) is 16.1 Å². The van der Waals surface area contributed by atoms with E-state index in [0.29, 0.717) is 16.5 Å². The van der Waals surface area contributed by atoms with Gasteiger partial charge in [-0.1, -0.05) is 19.1 Å². The van der Waals surface area contributed by atoms with Crippen molar-refractivity contribution in [2.75, 3.05) is 0 Å². The van der Waals surface area contributed by atoms with E-state index < -0.39 is 12.1 Å². The molecular formula is C14H16BrFN2O2. The number of carbonyl (C=O) groups is 2. The van der Waals surface area contributed by atoms with Crippen molar-refractivity contribution >= 4 is 27.7 Å². The van der Waals surface area contributed by atoms with Crippen LogP contribution in [0.15, 0.2) is 22.7 Å². The molecular weight excluding hydrogens is 327 g/mol. The van der Waals surface area contributed by atoms with Crippen LogP contribution >= 0.6 is 15.9 Å². The number of piperazine rings is 1. The van der Waals surface area contributed by atoms with Crippen LogP contribution in [0.2, 0.25) is 0 Å². The normalized spacial score (nSPS) is 22.9. The first-order chi connectivity index (χ1) is 9.45. The van der Waals surface area contributed by atoms with Crippen LogP contribution in [0.4, 0.5) is 4.39 Å². The van der Waals surface area contributed by atoms with E-state index in [1.807, 2.05) is 6.92 Å². The lowest BCUT2D eigenvalue weighted by molar-refractivity contribution is -0.149. The van der Waals surface area contributed by atoms with E-state index in [4.69, 9.17) is 0 Å². The van der Waals surface area contributed by atoms with Gasteiger partial charge in [0, 0.05) is 6.54 Å². The Morgan fingerprint density at radius 2 is 2.10 bits per heavy atom. The summed E-state index contributed by atoms with van der Waals surface area (Å²) in [6, 6.07) is 3.63. The molecule has 1 N–H and O–H groups in total. The zero-order valence-corrected chi connectivity index (χ0v) is 12.9. The summed E-state index contributed by atoms with van der Waals surface area (Å²) in [4.78, 5) is 25.7. The second-order valence-electron chi connectivity index (χ2n) is 4.83. The maximum absolute atomic E-state index is 13.5. The Morgan fingerprint density at radius 3 is 2.75 bits per heavy atom. The minimum absolute atomic E-state index is 0.146. The number of halogens is 2. The first-order valence-electron chi connectivity index (χ1n) is 6.49. The van der Waals surface area contributed by atoms with Crippen LogP contribution in [0.25, 0.3) is 0 Å². The van der Waals surface area contributed by atoms with Gasteiger partial charge in [-0.2, -0.15) is 0 Å². The highest BCUT2D eigenvalue weighted by molar-refractivity contribution is 9.10. The second kappa shape index (κ2) is 5.91. The highest BCUT2D eigenvalue weighted by Gasteiger charge is 2.37. The highest BCUT2D eigenvalue weighted by Crippen LogP contribution is 2.24. The van der Waals surface area contributed by atoms with E-state index in [9.17, 15) is 14.0 Å². The van der Waals surface area contributed by atoms with E-state index in [1.54, 1.807) is 19.1 Å². The molecule has 1 fully saturated rings. The number of benzene rings is 1. The minimum Gasteiger partial charge on any atom is -0.343 e. The van der Waals surface area contributed by atoms with E-state index >= 15 is 0 Å². The molecule has 1 saturated heterocycles. The van der Waals surface area contributed by atoms with E-state index in [2.05, 4.69) is 21.2 Å². The van der Waals surface area contributed by atoms with Gasteiger partial charge >= 0.3 is 0 Å². The molecule has 20 heavy (non-hydrogen) atoms. The summed E-state index contributed by atoms with van der Waals surface area (Å²) < 4.78 is 13.9. The minimum atomic E-state index is -0.544. The molecule has 0 bridgehead atoms. The van der Waals surface area contributed by atoms with Crippen LogP contribution in [0.3, 0.4) is 0 Å². The molecule has 1 aliphatic rings. The number of hydrogen-bond donors (Lipinski definition) is 1. The van der Waals surface area contributed by atoms with Crippen LogP contribution in [0, 0.1) is 5.82 Å². The molecule has 2 rings (SSSR count). The molecule has 0 radical (unpaired) electrons. The number of hydrogen-bond acceptors (Lipinski definition) is 2. The number of nitrogens with one attached hydrogen (secondary N) is 1. The zero-order valence-electron chi connectivity index (χ0n) is 11.3. The van der Waals surface area contributed by atoms with Crippen LogP contribution in [-0.4, -0.2) is 28.8 Å². The fourth-order valence-corrected chi connectivity index (χ4v) is 2.75. The molecule has 1 aromatic carbocycles. The van der Waals surface area contributed by atoms with Crippen LogP contribution < -0.4 is 5.32 Å². The lowest BCUT2D eigenvalue weighted by Gasteiger charge is -2.37. The SMILES string of the molecule is CCC1C(=O)NC(C)C(=O)N1Cc1cccc(F)c1Br. The van der Waals surface area contributed by atoms with E-state index in [0.717, 1.165) is 0 Å². The number of amides is 2. The van der Waals surface area contributed by atoms with Gasteiger partial charge in [0.2, 0.25) is 11.8 Å². The molecule has 1 aliphatic heterocycles. The van der Waals surface area contributed by atoms with Crippen molar-refractivity contribution in [3.05, 3.63) is 34.1 Å². The van der Waals surface area contributed by atoms with E-state index in [1.165, 1.54) is 11.0 Å². The smallest absolute Gasteiger partial charge is 0.245 e. The molecule has 0 spiro atoms. The van der Waals surface area contributed by atoms with Gasteiger partial charge in [-0.3, -0.25) is 9.59 Å². The molecule has 6 heteroatoms.